The van der Waals surface area contributed by atoms with Gasteiger partial charge < -0.3 is 0 Å². The summed E-state index contributed by atoms with van der Waals surface area (Å²) in [5.74, 6) is 0.451. The molecule has 0 radical (unpaired) electrons. The fraction of sp³-hybridized carbons (Fsp3) is 0.429. The topological polar surface area (TPSA) is 51.4 Å². The fourth-order valence-electron chi connectivity index (χ4n) is 3.51. The third-order valence-corrected chi connectivity index (χ3v) is 4.31. The Bertz CT molecular complexity index is 559. The van der Waals surface area contributed by atoms with E-state index in [4.69, 9.17) is 5.26 Å². The van der Waals surface area contributed by atoms with Crippen LogP contribution in [-0.4, -0.2) is 23.9 Å². The Kier molecular flexibility index (Phi) is 2.00. The van der Waals surface area contributed by atoms with Gasteiger partial charge in [-0.05, 0) is 17.5 Å². The van der Waals surface area contributed by atoms with E-state index in [2.05, 4.69) is 45.8 Å². The minimum absolute atomic E-state index is 0.0578. The average molecular weight is 238 g/mol. The first-order chi connectivity index (χ1) is 8.88. The highest BCUT2D eigenvalue weighted by Gasteiger charge is 2.46. The molecule has 1 aliphatic carbocycles. The van der Waals surface area contributed by atoms with Gasteiger partial charge in [-0.1, -0.05) is 24.3 Å². The standard InChI is InChI=1S/C14H14N4/c15-6-11-8-17-18-13-10(7-16-14(11)18)5-9-3-1-2-4-12(9)13/h1-4,8,10-11,13-14,16H,5,7H2. The molecule has 18 heavy (non-hydrogen) atoms. The first-order valence-corrected chi connectivity index (χ1v) is 6.42. The lowest BCUT2D eigenvalue weighted by Crippen LogP contribution is -2.54. The van der Waals surface area contributed by atoms with Gasteiger partial charge >= 0.3 is 0 Å². The van der Waals surface area contributed by atoms with Gasteiger partial charge in [-0.25, -0.2) is 0 Å². The first kappa shape index (κ1) is 10.1. The maximum absolute atomic E-state index is 9.13. The molecule has 4 heteroatoms. The van der Waals surface area contributed by atoms with E-state index in [1.807, 2.05) is 0 Å². The van der Waals surface area contributed by atoms with Gasteiger partial charge in [0.25, 0.3) is 0 Å². The van der Waals surface area contributed by atoms with Crippen molar-refractivity contribution in [3.05, 3.63) is 35.4 Å². The number of hydrogen-bond donors (Lipinski definition) is 1. The van der Waals surface area contributed by atoms with Crippen molar-refractivity contribution in [2.45, 2.75) is 18.6 Å². The molecule has 3 aliphatic rings. The van der Waals surface area contributed by atoms with Gasteiger partial charge in [0.1, 0.15) is 12.1 Å². The van der Waals surface area contributed by atoms with Gasteiger partial charge in [0, 0.05) is 18.7 Å². The smallest absolute Gasteiger partial charge is 0.118 e. The quantitative estimate of drug-likeness (QED) is 0.740. The van der Waals surface area contributed by atoms with Crippen LogP contribution in [-0.2, 0) is 6.42 Å². The minimum Gasteiger partial charge on any atom is -0.294 e. The van der Waals surface area contributed by atoms with Crippen LogP contribution in [0.1, 0.15) is 17.2 Å². The molecule has 0 amide bonds. The van der Waals surface area contributed by atoms with Gasteiger partial charge in [0.2, 0.25) is 0 Å². The summed E-state index contributed by atoms with van der Waals surface area (Å²) in [4.78, 5) is 0. The zero-order valence-corrected chi connectivity index (χ0v) is 9.95. The number of hydrazone groups is 1. The molecule has 0 bridgehead atoms. The summed E-state index contributed by atoms with van der Waals surface area (Å²) in [6, 6.07) is 11.3. The Morgan fingerprint density at radius 2 is 2.28 bits per heavy atom. The summed E-state index contributed by atoms with van der Waals surface area (Å²) < 4.78 is 0. The molecule has 2 heterocycles. The number of benzene rings is 1. The van der Waals surface area contributed by atoms with E-state index in [0.29, 0.717) is 12.0 Å². The fourth-order valence-corrected chi connectivity index (χ4v) is 3.51. The summed E-state index contributed by atoms with van der Waals surface area (Å²) >= 11 is 0. The number of fused-ring (bicyclic) bond motifs is 5. The Morgan fingerprint density at radius 1 is 1.39 bits per heavy atom. The van der Waals surface area contributed by atoms with Gasteiger partial charge in [-0.15, -0.1) is 0 Å². The first-order valence-electron chi connectivity index (χ1n) is 6.42. The molecule has 4 nitrogen and oxygen atoms in total. The van der Waals surface area contributed by atoms with Crippen LogP contribution in [0.5, 0.6) is 0 Å². The molecule has 0 spiro atoms. The lowest BCUT2D eigenvalue weighted by molar-refractivity contribution is 0.0470. The monoisotopic (exact) mass is 238 g/mol. The van der Waals surface area contributed by atoms with Crippen molar-refractivity contribution in [2.75, 3.05) is 6.54 Å². The van der Waals surface area contributed by atoms with Crippen LogP contribution in [0.25, 0.3) is 0 Å². The molecule has 4 rings (SSSR count). The number of nitrogens with one attached hydrogen (secondary N) is 1. The van der Waals surface area contributed by atoms with E-state index in [9.17, 15) is 0 Å². The molecular formula is C14H14N4. The lowest BCUT2D eigenvalue weighted by Gasteiger charge is -2.40. The van der Waals surface area contributed by atoms with Crippen LogP contribution in [0.3, 0.4) is 0 Å². The van der Waals surface area contributed by atoms with Crippen LogP contribution in [0.2, 0.25) is 0 Å². The molecule has 2 aliphatic heterocycles. The third-order valence-electron chi connectivity index (χ3n) is 4.31. The molecule has 4 unspecified atom stereocenters. The van der Waals surface area contributed by atoms with E-state index in [1.54, 1.807) is 6.21 Å². The second-order valence-corrected chi connectivity index (χ2v) is 5.26. The predicted molar refractivity (Wildman–Crippen MR) is 67.6 cm³/mol. The van der Waals surface area contributed by atoms with E-state index in [1.165, 1.54) is 11.1 Å². The molecule has 0 aromatic heterocycles. The highest BCUT2D eigenvalue weighted by molar-refractivity contribution is 5.67. The highest BCUT2D eigenvalue weighted by Crippen LogP contribution is 2.44. The Morgan fingerprint density at radius 3 is 3.17 bits per heavy atom. The average Bonchev–Trinajstić information content (AvgIpc) is 2.98. The molecule has 1 fully saturated rings. The largest absolute Gasteiger partial charge is 0.294 e. The molecule has 4 atom stereocenters. The summed E-state index contributed by atoms with van der Waals surface area (Å²) in [7, 11) is 0. The second-order valence-electron chi connectivity index (χ2n) is 5.26. The van der Waals surface area contributed by atoms with E-state index in [0.717, 1.165) is 13.0 Å². The Balaban J connectivity index is 1.75. The molecule has 0 saturated carbocycles. The van der Waals surface area contributed by atoms with Crippen molar-refractivity contribution >= 4 is 6.21 Å². The highest BCUT2D eigenvalue weighted by atomic mass is 15.6. The van der Waals surface area contributed by atoms with Gasteiger partial charge in [0.05, 0.1) is 12.1 Å². The number of hydrogen-bond acceptors (Lipinski definition) is 4. The Hall–Kier alpha value is -1.86. The van der Waals surface area contributed by atoms with Crippen LogP contribution in [0, 0.1) is 23.2 Å². The Labute approximate surface area is 106 Å². The normalized spacial score (nSPS) is 35.8. The summed E-state index contributed by atoms with van der Waals surface area (Å²) in [6.07, 6.45) is 2.95. The van der Waals surface area contributed by atoms with Crippen LogP contribution >= 0.6 is 0 Å². The summed E-state index contributed by atoms with van der Waals surface area (Å²) in [6.45, 7) is 0.974. The maximum atomic E-state index is 9.13. The molecule has 1 aromatic rings. The van der Waals surface area contributed by atoms with Crippen molar-refractivity contribution in [3.63, 3.8) is 0 Å². The van der Waals surface area contributed by atoms with Crippen molar-refractivity contribution in [2.24, 2.45) is 16.9 Å². The van der Waals surface area contributed by atoms with Crippen molar-refractivity contribution < 1.29 is 0 Å². The third kappa shape index (κ3) is 1.20. The van der Waals surface area contributed by atoms with Crippen LogP contribution in [0.15, 0.2) is 29.4 Å². The zero-order valence-electron chi connectivity index (χ0n) is 9.95. The maximum Gasteiger partial charge on any atom is 0.118 e. The van der Waals surface area contributed by atoms with Gasteiger partial charge in [0.15, 0.2) is 0 Å². The minimum atomic E-state index is -0.126. The van der Waals surface area contributed by atoms with E-state index >= 15 is 0 Å². The number of rotatable bonds is 0. The SMILES string of the molecule is N#CC1C=NN2C1NCC1Cc3ccccc3C12. The van der Waals surface area contributed by atoms with Crippen molar-refractivity contribution in [1.82, 2.24) is 10.3 Å². The van der Waals surface area contributed by atoms with Crippen LogP contribution in [0.4, 0.5) is 0 Å². The van der Waals surface area contributed by atoms with E-state index in [-0.39, 0.29) is 12.1 Å². The zero-order chi connectivity index (χ0) is 12.1. The molecule has 1 N–H and O–H groups in total. The lowest BCUT2D eigenvalue weighted by atomic mass is 9.95. The number of nitrogens with zero attached hydrogens (tertiary/aromatic N) is 3. The summed E-state index contributed by atoms with van der Waals surface area (Å²) in [5.41, 5.74) is 2.83. The van der Waals surface area contributed by atoms with Crippen molar-refractivity contribution in [3.8, 4) is 6.07 Å². The number of nitriles is 1. The summed E-state index contributed by atoms with van der Waals surface area (Å²) in [5, 5.41) is 19.2. The molecule has 1 saturated heterocycles. The van der Waals surface area contributed by atoms with Crippen molar-refractivity contribution in [1.29, 1.82) is 5.26 Å². The van der Waals surface area contributed by atoms with Gasteiger partial charge in [-0.2, -0.15) is 10.4 Å². The molecular weight excluding hydrogens is 224 g/mol. The van der Waals surface area contributed by atoms with Crippen LogP contribution < -0.4 is 5.32 Å². The second kappa shape index (κ2) is 3.56. The predicted octanol–water partition coefficient (Wildman–Crippen LogP) is 1.27. The van der Waals surface area contributed by atoms with Gasteiger partial charge in [-0.3, -0.25) is 10.3 Å². The molecule has 90 valence electrons. The molecule has 1 aromatic carbocycles. The van der Waals surface area contributed by atoms with E-state index < -0.39 is 0 Å².